The molecule has 1 rings (SSSR count). The number of ketones is 1. The van der Waals surface area contributed by atoms with Crippen LogP contribution in [0, 0.1) is 22.7 Å². The molecule has 1 fully saturated rings. The Kier molecular flexibility index (Phi) is 7.95. The highest BCUT2D eigenvalue weighted by atomic mass is 16.2. The number of amides is 1. The summed E-state index contributed by atoms with van der Waals surface area (Å²) in [6.07, 6.45) is 8.00. The van der Waals surface area contributed by atoms with Crippen LogP contribution >= 0.6 is 0 Å². The normalized spacial score (nSPS) is 24.2. The maximum Gasteiger partial charge on any atom is 0.225 e. The van der Waals surface area contributed by atoms with E-state index in [1.807, 2.05) is 13.8 Å². The van der Waals surface area contributed by atoms with Gasteiger partial charge in [-0.2, -0.15) is 0 Å². The van der Waals surface area contributed by atoms with Gasteiger partial charge in [0.25, 0.3) is 0 Å². The average molecular weight is 338 g/mol. The number of hydrogen-bond acceptors (Lipinski definition) is 2. The molecule has 140 valence electrons. The number of Topliss-reactive ketones (excluding diaryl/α,β-unsaturated/α-hetero) is 1. The van der Waals surface area contributed by atoms with Crippen molar-refractivity contribution in [1.82, 2.24) is 5.32 Å². The molecular formula is C21H39NO2. The molecule has 1 N–H and O–H groups in total. The monoisotopic (exact) mass is 337 g/mol. The first-order valence-corrected chi connectivity index (χ1v) is 10.0. The molecule has 0 aromatic heterocycles. The smallest absolute Gasteiger partial charge is 0.225 e. The highest BCUT2D eigenvalue weighted by molar-refractivity contribution is 5.86. The van der Waals surface area contributed by atoms with Crippen LogP contribution in [0.2, 0.25) is 0 Å². The van der Waals surface area contributed by atoms with Gasteiger partial charge in [0, 0.05) is 23.3 Å². The lowest BCUT2D eigenvalue weighted by molar-refractivity contribution is -0.134. The Morgan fingerprint density at radius 3 is 2.00 bits per heavy atom. The standard InChI is InChI=1S/C21H39NO2/c1-7-14-21(6,9-3)18(23)17-12-10-16(11-13-17)15-22-19(24)20(4,5)8-2/h16-17H,7-15H2,1-6H3,(H,22,24). The lowest BCUT2D eigenvalue weighted by Gasteiger charge is -2.35. The third-order valence-corrected chi connectivity index (χ3v) is 6.44. The van der Waals surface area contributed by atoms with Crippen molar-refractivity contribution in [2.45, 2.75) is 92.9 Å². The highest BCUT2D eigenvalue weighted by Gasteiger charge is 2.37. The minimum absolute atomic E-state index is 0.133. The first-order valence-electron chi connectivity index (χ1n) is 10.0. The van der Waals surface area contributed by atoms with Gasteiger partial charge in [0.05, 0.1) is 0 Å². The molecular weight excluding hydrogens is 298 g/mol. The minimum atomic E-state index is -0.281. The summed E-state index contributed by atoms with van der Waals surface area (Å²) in [5, 5.41) is 3.13. The van der Waals surface area contributed by atoms with Gasteiger partial charge in [0.15, 0.2) is 0 Å². The van der Waals surface area contributed by atoms with Crippen molar-refractivity contribution in [3.05, 3.63) is 0 Å². The molecule has 1 amide bonds. The Morgan fingerprint density at radius 1 is 0.958 bits per heavy atom. The second kappa shape index (κ2) is 9.01. The molecule has 0 bridgehead atoms. The molecule has 0 saturated heterocycles. The molecule has 0 aromatic rings. The summed E-state index contributed by atoms with van der Waals surface area (Å²) in [6.45, 7) is 13.3. The number of hydrogen-bond donors (Lipinski definition) is 1. The van der Waals surface area contributed by atoms with E-state index in [-0.39, 0.29) is 22.7 Å². The largest absolute Gasteiger partial charge is 0.355 e. The van der Waals surface area contributed by atoms with Gasteiger partial charge < -0.3 is 5.32 Å². The molecule has 3 heteroatoms. The van der Waals surface area contributed by atoms with Crippen LogP contribution in [0.25, 0.3) is 0 Å². The Morgan fingerprint density at radius 2 is 1.54 bits per heavy atom. The maximum atomic E-state index is 12.9. The molecule has 1 aliphatic carbocycles. The summed E-state index contributed by atoms with van der Waals surface area (Å²) in [6, 6.07) is 0. The topological polar surface area (TPSA) is 46.2 Å². The summed E-state index contributed by atoms with van der Waals surface area (Å²) in [4.78, 5) is 25.1. The molecule has 0 aromatic carbocycles. The zero-order valence-electron chi connectivity index (χ0n) is 16.8. The van der Waals surface area contributed by atoms with E-state index in [0.717, 1.165) is 57.9 Å². The molecule has 0 spiro atoms. The average Bonchev–Trinajstić information content (AvgIpc) is 2.59. The number of carbonyl (C=O) groups excluding carboxylic acids is 2. The first-order chi connectivity index (χ1) is 11.2. The van der Waals surface area contributed by atoms with Crippen LogP contribution in [0.15, 0.2) is 0 Å². The minimum Gasteiger partial charge on any atom is -0.355 e. The van der Waals surface area contributed by atoms with Gasteiger partial charge in [-0.25, -0.2) is 0 Å². The zero-order chi connectivity index (χ0) is 18.4. The van der Waals surface area contributed by atoms with Crippen molar-refractivity contribution in [3.63, 3.8) is 0 Å². The lowest BCUT2D eigenvalue weighted by Crippen LogP contribution is -2.40. The summed E-state index contributed by atoms with van der Waals surface area (Å²) in [5.41, 5.74) is -0.415. The van der Waals surface area contributed by atoms with Crippen LogP contribution in [0.1, 0.15) is 92.9 Å². The van der Waals surface area contributed by atoms with E-state index in [1.165, 1.54) is 0 Å². The maximum absolute atomic E-state index is 12.9. The molecule has 1 aliphatic rings. The van der Waals surface area contributed by atoms with Gasteiger partial charge in [-0.05, 0) is 50.9 Å². The van der Waals surface area contributed by atoms with Gasteiger partial charge >= 0.3 is 0 Å². The lowest BCUT2D eigenvalue weighted by atomic mass is 9.69. The van der Waals surface area contributed by atoms with E-state index in [0.29, 0.717) is 11.7 Å². The third-order valence-electron chi connectivity index (χ3n) is 6.44. The Labute approximate surface area is 149 Å². The van der Waals surface area contributed by atoms with Crippen molar-refractivity contribution in [2.75, 3.05) is 6.54 Å². The molecule has 24 heavy (non-hydrogen) atoms. The number of rotatable bonds is 9. The molecule has 1 atom stereocenters. The Hall–Kier alpha value is -0.860. The van der Waals surface area contributed by atoms with Crippen molar-refractivity contribution >= 4 is 11.7 Å². The van der Waals surface area contributed by atoms with Crippen LogP contribution < -0.4 is 5.32 Å². The predicted octanol–water partition coefficient (Wildman–Crippen LogP) is 5.13. The van der Waals surface area contributed by atoms with Gasteiger partial charge in [-0.3, -0.25) is 9.59 Å². The van der Waals surface area contributed by atoms with Crippen molar-refractivity contribution in [1.29, 1.82) is 0 Å². The van der Waals surface area contributed by atoms with E-state index in [4.69, 9.17) is 0 Å². The molecule has 3 nitrogen and oxygen atoms in total. The van der Waals surface area contributed by atoms with E-state index in [2.05, 4.69) is 33.0 Å². The fourth-order valence-electron chi connectivity index (χ4n) is 3.78. The molecule has 1 unspecified atom stereocenters. The van der Waals surface area contributed by atoms with Crippen molar-refractivity contribution < 1.29 is 9.59 Å². The quantitative estimate of drug-likeness (QED) is 0.634. The van der Waals surface area contributed by atoms with Gasteiger partial charge in [-0.15, -0.1) is 0 Å². The Bertz CT molecular complexity index is 422. The molecule has 1 saturated carbocycles. The SMILES string of the molecule is CCCC(C)(CC)C(=O)C1CCC(CNC(=O)C(C)(C)CC)CC1. The molecule has 0 radical (unpaired) electrons. The Balaban J connectivity index is 2.47. The molecule has 0 aliphatic heterocycles. The van der Waals surface area contributed by atoms with E-state index < -0.39 is 0 Å². The zero-order valence-corrected chi connectivity index (χ0v) is 16.8. The van der Waals surface area contributed by atoms with Crippen molar-refractivity contribution in [2.24, 2.45) is 22.7 Å². The van der Waals surface area contributed by atoms with E-state index in [9.17, 15) is 9.59 Å². The summed E-state index contributed by atoms with van der Waals surface area (Å²) in [5.74, 6) is 1.41. The highest BCUT2D eigenvalue weighted by Crippen LogP contribution is 2.38. The fourth-order valence-corrected chi connectivity index (χ4v) is 3.78. The van der Waals surface area contributed by atoms with Gasteiger partial charge in [-0.1, -0.05) is 48.0 Å². The van der Waals surface area contributed by atoms with Gasteiger partial charge in [0.1, 0.15) is 5.78 Å². The van der Waals surface area contributed by atoms with Crippen LogP contribution in [-0.4, -0.2) is 18.2 Å². The second-order valence-corrected chi connectivity index (χ2v) is 8.69. The van der Waals surface area contributed by atoms with E-state index in [1.54, 1.807) is 0 Å². The van der Waals surface area contributed by atoms with E-state index >= 15 is 0 Å². The second-order valence-electron chi connectivity index (χ2n) is 8.69. The van der Waals surface area contributed by atoms with Crippen LogP contribution in [0.5, 0.6) is 0 Å². The summed E-state index contributed by atoms with van der Waals surface area (Å²) in [7, 11) is 0. The van der Waals surface area contributed by atoms with Crippen LogP contribution in [0.4, 0.5) is 0 Å². The van der Waals surface area contributed by atoms with Gasteiger partial charge in [0.2, 0.25) is 5.91 Å². The summed E-state index contributed by atoms with van der Waals surface area (Å²) >= 11 is 0. The third kappa shape index (κ3) is 5.32. The van der Waals surface area contributed by atoms with Crippen LogP contribution in [-0.2, 0) is 9.59 Å². The number of nitrogens with one attached hydrogen (secondary N) is 1. The first kappa shape index (κ1) is 21.2. The predicted molar refractivity (Wildman–Crippen MR) is 101 cm³/mol. The fraction of sp³-hybridized carbons (Fsp3) is 0.905. The number of carbonyl (C=O) groups is 2. The summed E-state index contributed by atoms with van der Waals surface area (Å²) < 4.78 is 0. The molecule has 0 heterocycles. The van der Waals surface area contributed by atoms with Crippen LogP contribution in [0.3, 0.4) is 0 Å². The van der Waals surface area contributed by atoms with Crippen molar-refractivity contribution in [3.8, 4) is 0 Å².